The van der Waals surface area contributed by atoms with E-state index in [1.165, 1.54) is 12.1 Å². The molecule has 1 unspecified atom stereocenters. The van der Waals surface area contributed by atoms with Gasteiger partial charge in [-0.3, -0.25) is 4.79 Å². The number of nitrogens with zero attached hydrogens (tertiary/aromatic N) is 1. The number of amides is 1. The number of hydrogen-bond donors (Lipinski definition) is 1. The molecule has 1 atom stereocenters. The molecule has 0 radical (unpaired) electrons. The monoisotopic (exact) mass is 281 g/mol. The van der Waals surface area contributed by atoms with E-state index in [4.69, 9.17) is 4.74 Å². The molecule has 1 aliphatic rings. The molecule has 1 saturated heterocycles. The molecule has 4 nitrogen and oxygen atoms in total. The van der Waals surface area contributed by atoms with Gasteiger partial charge in [-0.05, 0) is 25.5 Å². The number of rotatable bonds is 5. The average Bonchev–Trinajstić information content (AvgIpc) is 2.38. The Balaban J connectivity index is 1.90. The number of β-amino-alcohol motifs (C(OH)–C–C–N with tert-alkyl or cyclic N) is 1. The first kappa shape index (κ1) is 14.8. The SMILES string of the molecule is CCCC1(O)CN(C(=O)C(C)Oc2ccccc2F)C1. The van der Waals surface area contributed by atoms with E-state index in [1.807, 2.05) is 6.92 Å². The molecular weight excluding hydrogens is 261 g/mol. The fraction of sp³-hybridized carbons (Fsp3) is 0.533. The van der Waals surface area contributed by atoms with Gasteiger partial charge in [-0.25, -0.2) is 4.39 Å². The van der Waals surface area contributed by atoms with Crippen molar-refractivity contribution in [3.8, 4) is 5.75 Å². The van der Waals surface area contributed by atoms with Crippen LogP contribution in [0.2, 0.25) is 0 Å². The Morgan fingerprint density at radius 2 is 2.15 bits per heavy atom. The van der Waals surface area contributed by atoms with Crippen LogP contribution in [0.3, 0.4) is 0 Å². The fourth-order valence-corrected chi connectivity index (χ4v) is 2.48. The molecule has 1 aliphatic heterocycles. The number of carbonyl (C=O) groups excluding carboxylic acids is 1. The Hall–Kier alpha value is -1.62. The topological polar surface area (TPSA) is 49.8 Å². The Morgan fingerprint density at radius 3 is 2.75 bits per heavy atom. The van der Waals surface area contributed by atoms with Crippen LogP contribution in [0.15, 0.2) is 24.3 Å². The molecule has 1 fully saturated rings. The summed E-state index contributed by atoms with van der Waals surface area (Å²) >= 11 is 0. The zero-order valence-corrected chi connectivity index (χ0v) is 11.8. The lowest BCUT2D eigenvalue weighted by Gasteiger charge is -2.47. The molecule has 1 aromatic carbocycles. The van der Waals surface area contributed by atoms with Crippen LogP contribution in [-0.4, -0.2) is 40.7 Å². The minimum Gasteiger partial charge on any atom is -0.478 e. The Bertz CT molecular complexity index is 486. The van der Waals surface area contributed by atoms with Crippen molar-refractivity contribution in [2.24, 2.45) is 0 Å². The summed E-state index contributed by atoms with van der Waals surface area (Å²) in [6.07, 6.45) is 0.789. The van der Waals surface area contributed by atoms with Crippen LogP contribution in [0.5, 0.6) is 5.75 Å². The summed E-state index contributed by atoms with van der Waals surface area (Å²) in [5.41, 5.74) is -0.762. The van der Waals surface area contributed by atoms with Gasteiger partial charge >= 0.3 is 0 Å². The van der Waals surface area contributed by atoms with Crippen molar-refractivity contribution in [1.29, 1.82) is 0 Å². The predicted octanol–water partition coefficient (Wildman–Crippen LogP) is 1.97. The molecule has 110 valence electrons. The molecule has 0 aromatic heterocycles. The number of ether oxygens (including phenoxy) is 1. The predicted molar refractivity (Wildman–Crippen MR) is 72.9 cm³/mol. The largest absolute Gasteiger partial charge is 0.478 e. The van der Waals surface area contributed by atoms with Gasteiger partial charge in [0.1, 0.15) is 0 Å². The van der Waals surface area contributed by atoms with E-state index < -0.39 is 17.5 Å². The number of halogens is 1. The van der Waals surface area contributed by atoms with Crippen LogP contribution in [0.4, 0.5) is 4.39 Å². The number of carbonyl (C=O) groups is 1. The van der Waals surface area contributed by atoms with E-state index in [-0.39, 0.29) is 11.7 Å². The van der Waals surface area contributed by atoms with Crippen LogP contribution in [0.25, 0.3) is 0 Å². The zero-order chi connectivity index (χ0) is 14.8. The number of para-hydroxylation sites is 1. The summed E-state index contributed by atoms with van der Waals surface area (Å²) in [5, 5.41) is 10.1. The second-order valence-electron chi connectivity index (χ2n) is 5.36. The van der Waals surface area contributed by atoms with Gasteiger partial charge in [0.2, 0.25) is 0 Å². The quantitative estimate of drug-likeness (QED) is 0.897. The highest BCUT2D eigenvalue weighted by atomic mass is 19.1. The highest BCUT2D eigenvalue weighted by Crippen LogP contribution is 2.27. The maximum absolute atomic E-state index is 13.4. The number of likely N-dealkylation sites (tertiary alicyclic amines) is 1. The first-order valence-electron chi connectivity index (χ1n) is 6.87. The van der Waals surface area contributed by atoms with Gasteiger partial charge in [0.25, 0.3) is 5.91 Å². The molecule has 0 saturated carbocycles. The lowest BCUT2D eigenvalue weighted by molar-refractivity contribution is -0.162. The van der Waals surface area contributed by atoms with Gasteiger partial charge in [0.15, 0.2) is 17.7 Å². The molecule has 1 heterocycles. The number of benzene rings is 1. The minimum absolute atomic E-state index is 0.0673. The fourth-order valence-electron chi connectivity index (χ4n) is 2.48. The summed E-state index contributed by atoms with van der Waals surface area (Å²) in [6, 6.07) is 5.99. The highest BCUT2D eigenvalue weighted by Gasteiger charge is 2.44. The highest BCUT2D eigenvalue weighted by molar-refractivity contribution is 5.82. The third-order valence-corrected chi connectivity index (χ3v) is 3.49. The molecule has 20 heavy (non-hydrogen) atoms. The zero-order valence-electron chi connectivity index (χ0n) is 11.8. The maximum atomic E-state index is 13.4. The van der Waals surface area contributed by atoms with Crippen molar-refractivity contribution in [2.45, 2.75) is 38.4 Å². The number of aliphatic hydroxyl groups is 1. The summed E-state index contributed by atoms with van der Waals surface area (Å²) in [5.74, 6) is -0.648. The first-order valence-corrected chi connectivity index (χ1v) is 6.87. The molecule has 0 spiro atoms. The minimum atomic E-state index is -0.766. The van der Waals surface area contributed by atoms with Crippen LogP contribution < -0.4 is 4.74 Å². The molecule has 0 aliphatic carbocycles. The first-order chi connectivity index (χ1) is 9.45. The smallest absolute Gasteiger partial charge is 0.263 e. The summed E-state index contributed by atoms with van der Waals surface area (Å²) in [6.45, 7) is 4.23. The van der Waals surface area contributed by atoms with E-state index in [1.54, 1.807) is 24.0 Å². The van der Waals surface area contributed by atoms with Crippen LogP contribution in [0.1, 0.15) is 26.7 Å². The standard InChI is InChI=1S/C15H20FNO3/c1-3-8-15(19)9-17(10-15)14(18)11(2)20-13-7-5-4-6-12(13)16/h4-7,11,19H,3,8-10H2,1-2H3. The van der Waals surface area contributed by atoms with Crippen LogP contribution in [-0.2, 0) is 4.79 Å². The summed E-state index contributed by atoms with van der Waals surface area (Å²) in [7, 11) is 0. The molecule has 5 heteroatoms. The van der Waals surface area contributed by atoms with Gasteiger partial charge < -0.3 is 14.7 Å². The molecule has 1 aromatic rings. The molecular formula is C15H20FNO3. The van der Waals surface area contributed by atoms with Crippen LogP contribution >= 0.6 is 0 Å². The van der Waals surface area contributed by atoms with E-state index in [2.05, 4.69) is 0 Å². The van der Waals surface area contributed by atoms with Crippen molar-refractivity contribution in [3.05, 3.63) is 30.1 Å². The van der Waals surface area contributed by atoms with Crippen molar-refractivity contribution in [1.82, 2.24) is 4.90 Å². The van der Waals surface area contributed by atoms with Gasteiger partial charge in [0.05, 0.1) is 18.7 Å². The summed E-state index contributed by atoms with van der Waals surface area (Å²) in [4.78, 5) is 13.6. The van der Waals surface area contributed by atoms with Crippen molar-refractivity contribution < 1.29 is 19.0 Å². The summed E-state index contributed by atoms with van der Waals surface area (Å²) < 4.78 is 18.8. The Morgan fingerprint density at radius 1 is 1.50 bits per heavy atom. The third kappa shape index (κ3) is 3.10. The van der Waals surface area contributed by atoms with Gasteiger partial charge in [-0.15, -0.1) is 0 Å². The maximum Gasteiger partial charge on any atom is 0.263 e. The van der Waals surface area contributed by atoms with E-state index in [0.717, 1.165) is 6.42 Å². The van der Waals surface area contributed by atoms with Gasteiger partial charge in [-0.1, -0.05) is 25.5 Å². The average molecular weight is 281 g/mol. The van der Waals surface area contributed by atoms with Crippen molar-refractivity contribution in [2.75, 3.05) is 13.1 Å². The van der Waals surface area contributed by atoms with E-state index in [0.29, 0.717) is 19.5 Å². The van der Waals surface area contributed by atoms with Gasteiger partial charge in [-0.2, -0.15) is 0 Å². The van der Waals surface area contributed by atoms with Gasteiger partial charge in [0, 0.05) is 0 Å². The number of hydrogen-bond acceptors (Lipinski definition) is 3. The van der Waals surface area contributed by atoms with Crippen molar-refractivity contribution in [3.63, 3.8) is 0 Å². The molecule has 2 rings (SSSR count). The lowest BCUT2D eigenvalue weighted by Crippen LogP contribution is -2.65. The second-order valence-corrected chi connectivity index (χ2v) is 5.36. The van der Waals surface area contributed by atoms with E-state index in [9.17, 15) is 14.3 Å². The van der Waals surface area contributed by atoms with Crippen molar-refractivity contribution >= 4 is 5.91 Å². The van der Waals surface area contributed by atoms with E-state index >= 15 is 0 Å². The molecule has 0 bridgehead atoms. The Kier molecular flexibility index (Phi) is 4.28. The second kappa shape index (κ2) is 5.79. The lowest BCUT2D eigenvalue weighted by atomic mass is 9.89. The molecule has 1 N–H and O–H groups in total. The normalized spacial score (nSPS) is 18.3. The Labute approximate surface area is 118 Å². The molecule has 1 amide bonds. The third-order valence-electron chi connectivity index (χ3n) is 3.49. The van der Waals surface area contributed by atoms with Crippen LogP contribution in [0, 0.1) is 5.82 Å².